The van der Waals surface area contributed by atoms with Crippen LogP contribution in [0.15, 0.2) is 0 Å². The maximum absolute atomic E-state index is 10.6. The van der Waals surface area contributed by atoms with Crippen LogP contribution < -0.4 is 4.72 Å². The Morgan fingerprint density at radius 1 is 1.73 bits per heavy atom. The highest BCUT2D eigenvalue weighted by Gasteiger charge is 2.02. The Hall–Kier alpha value is -0.530. The lowest BCUT2D eigenvalue weighted by atomic mass is 10.7. The van der Waals surface area contributed by atoms with Gasteiger partial charge >= 0.3 is 0 Å². The lowest BCUT2D eigenvalue weighted by molar-refractivity contribution is 0.587. The van der Waals surface area contributed by atoms with Gasteiger partial charge in [0.05, 0.1) is 12.8 Å². The largest absolute Gasteiger partial charge is 0.213 e. The first-order valence-electron chi connectivity index (χ1n) is 2.71. The summed E-state index contributed by atoms with van der Waals surface area (Å²) in [5.41, 5.74) is 2.51. The van der Waals surface area contributed by atoms with E-state index < -0.39 is 10.0 Å². The molecule has 1 N–H and O–H groups in total. The molecule has 0 saturated heterocycles. The zero-order valence-electron chi connectivity index (χ0n) is 5.73. The predicted octanol–water partition coefficient (Wildman–Crippen LogP) is -0.613. The highest BCUT2D eigenvalue weighted by atomic mass is 32.2. The van der Waals surface area contributed by atoms with E-state index in [0.29, 0.717) is 5.01 Å². The SMILES string of the molecule is CS(=O)(=O)NCc1nn[c]s1. The lowest BCUT2D eigenvalue weighted by Crippen LogP contribution is -2.21. The van der Waals surface area contributed by atoms with E-state index in [1.807, 2.05) is 0 Å². The van der Waals surface area contributed by atoms with Gasteiger partial charge in [-0.3, -0.25) is 0 Å². The van der Waals surface area contributed by atoms with Gasteiger partial charge in [-0.05, 0) is 0 Å². The number of nitrogens with one attached hydrogen (secondary N) is 1. The van der Waals surface area contributed by atoms with Crippen LogP contribution in [0.5, 0.6) is 0 Å². The first-order chi connectivity index (χ1) is 5.08. The number of rotatable bonds is 3. The van der Waals surface area contributed by atoms with E-state index in [-0.39, 0.29) is 6.54 Å². The van der Waals surface area contributed by atoms with Crippen molar-refractivity contribution in [3.8, 4) is 0 Å². The molecule has 61 valence electrons. The Morgan fingerprint density at radius 3 is 2.91 bits per heavy atom. The zero-order valence-corrected chi connectivity index (χ0v) is 7.37. The second kappa shape index (κ2) is 3.24. The fourth-order valence-corrected chi connectivity index (χ4v) is 1.34. The average Bonchev–Trinajstić information content (AvgIpc) is 2.32. The second-order valence-electron chi connectivity index (χ2n) is 1.88. The van der Waals surface area contributed by atoms with Gasteiger partial charge in [-0.2, -0.15) is 0 Å². The maximum Gasteiger partial charge on any atom is 0.209 e. The van der Waals surface area contributed by atoms with Gasteiger partial charge in [0, 0.05) is 0 Å². The smallest absolute Gasteiger partial charge is 0.209 e. The van der Waals surface area contributed by atoms with Crippen LogP contribution in [0.25, 0.3) is 0 Å². The molecule has 0 aliphatic rings. The van der Waals surface area contributed by atoms with Crippen LogP contribution in [0.4, 0.5) is 0 Å². The number of hydrogen-bond acceptors (Lipinski definition) is 5. The highest BCUT2D eigenvalue weighted by molar-refractivity contribution is 7.88. The van der Waals surface area contributed by atoms with E-state index in [4.69, 9.17) is 0 Å². The number of nitrogens with zero attached hydrogens (tertiary/aromatic N) is 2. The Morgan fingerprint density at radius 2 is 2.45 bits per heavy atom. The van der Waals surface area contributed by atoms with Crippen LogP contribution in [-0.4, -0.2) is 24.9 Å². The van der Waals surface area contributed by atoms with E-state index in [1.54, 1.807) is 0 Å². The van der Waals surface area contributed by atoms with E-state index in [1.165, 1.54) is 11.3 Å². The fourth-order valence-electron chi connectivity index (χ4n) is 0.434. The maximum atomic E-state index is 10.6. The summed E-state index contributed by atoms with van der Waals surface area (Å²) in [7, 11) is -3.13. The van der Waals surface area contributed by atoms with Gasteiger partial charge in [-0.25, -0.2) is 13.1 Å². The molecular weight excluding hydrogens is 186 g/mol. The molecule has 0 amide bonds. The van der Waals surface area contributed by atoms with E-state index >= 15 is 0 Å². The normalized spacial score (nSPS) is 11.7. The molecule has 1 rings (SSSR count). The van der Waals surface area contributed by atoms with Crippen molar-refractivity contribution < 1.29 is 8.42 Å². The molecule has 5 nitrogen and oxygen atoms in total. The summed E-state index contributed by atoms with van der Waals surface area (Å²) < 4.78 is 23.4. The van der Waals surface area contributed by atoms with Crippen molar-refractivity contribution in [3.63, 3.8) is 0 Å². The van der Waals surface area contributed by atoms with Gasteiger partial charge < -0.3 is 0 Å². The minimum absolute atomic E-state index is 0.194. The van der Waals surface area contributed by atoms with Crippen LogP contribution in [-0.2, 0) is 16.6 Å². The number of aromatic nitrogens is 2. The fraction of sp³-hybridized carbons (Fsp3) is 0.500. The van der Waals surface area contributed by atoms with Crippen molar-refractivity contribution in [2.24, 2.45) is 0 Å². The zero-order chi connectivity index (χ0) is 8.32. The molecule has 0 saturated carbocycles. The Balaban J connectivity index is 2.48. The van der Waals surface area contributed by atoms with Crippen molar-refractivity contribution in [2.45, 2.75) is 6.54 Å². The van der Waals surface area contributed by atoms with E-state index in [0.717, 1.165) is 6.26 Å². The first-order valence-corrected chi connectivity index (χ1v) is 5.42. The van der Waals surface area contributed by atoms with Crippen LogP contribution >= 0.6 is 11.3 Å². The first kappa shape index (κ1) is 8.57. The Labute approximate surface area is 68.5 Å². The Bertz CT molecular complexity index is 304. The van der Waals surface area contributed by atoms with Gasteiger partial charge in [0.2, 0.25) is 10.0 Å². The third kappa shape index (κ3) is 3.40. The molecule has 1 radical (unpaired) electrons. The molecule has 0 aliphatic carbocycles. The molecule has 1 heterocycles. The standard InChI is InChI=1S/C4H6N3O2S2/c1-11(8,9)6-2-4-7-5-3-10-4/h6H,2H2,1H3. The summed E-state index contributed by atoms with van der Waals surface area (Å²) in [4.78, 5) is 0. The van der Waals surface area contributed by atoms with E-state index in [2.05, 4.69) is 20.4 Å². The third-order valence-electron chi connectivity index (χ3n) is 0.851. The minimum Gasteiger partial charge on any atom is -0.213 e. The summed E-state index contributed by atoms with van der Waals surface area (Å²) in [6.45, 7) is 0.194. The van der Waals surface area contributed by atoms with Crippen molar-refractivity contribution >= 4 is 21.4 Å². The molecule has 1 aromatic heterocycles. The highest BCUT2D eigenvalue weighted by Crippen LogP contribution is 1.99. The van der Waals surface area contributed by atoms with Gasteiger partial charge in [0.25, 0.3) is 0 Å². The molecule has 1 aromatic rings. The predicted molar refractivity (Wildman–Crippen MR) is 40.4 cm³/mol. The Kier molecular flexibility index (Phi) is 2.53. The summed E-state index contributed by atoms with van der Waals surface area (Å²) in [5.74, 6) is 0. The van der Waals surface area contributed by atoms with Crippen LogP contribution in [0.2, 0.25) is 0 Å². The monoisotopic (exact) mass is 192 g/mol. The molecule has 7 heteroatoms. The van der Waals surface area contributed by atoms with Crippen molar-refractivity contribution in [2.75, 3.05) is 6.26 Å². The van der Waals surface area contributed by atoms with Crippen LogP contribution in [0.1, 0.15) is 5.01 Å². The minimum atomic E-state index is -3.13. The second-order valence-corrected chi connectivity index (χ2v) is 4.57. The third-order valence-corrected chi connectivity index (χ3v) is 2.15. The van der Waals surface area contributed by atoms with Crippen LogP contribution in [0.3, 0.4) is 0 Å². The lowest BCUT2D eigenvalue weighted by Gasteiger charge is -1.95. The summed E-state index contributed by atoms with van der Waals surface area (Å²) in [6.07, 6.45) is 1.09. The number of sulfonamides is 1. The average molecular weight is 192 g/mol. The molecule has 0 unspecified atom stereocenters. The van der Waals surface area contributed by atoms with Gasteiger partial charge in [0.1, 0.15) is 5.01 Å². The molecule has 0 bridgehead atoms. The quantitative estimate of drug-likeness (QED) is 0.693. The van der Waals surface area contributed by atoms with Gasteiger partial charge in [-0.15, -0.1) is 10.2 Å². The van der Waals surface area contributed by atoms with Crippen LogP contribution in [0, 0.1) is 5.51 Å². The molecular formula is C4H6N3O2S2. The molecule has 0 atom stereocenters. The molecule has 0 fully saturated rings. The molecule has 0 aromatic carbocycles. The summed E-state index contributed by atoms with van der Waals surface area (Å²) in [5, 5.41) is 7.64. The topological polar surface area (TPSA) is 72.0 Å². The number of hydrogen-bond donors (Lipinski definition) is 1. The van der Waals surface area contributed by atoms with Gasteiger partial charge in [0.15, 0.2) is 5.51 Å². The summed E-state index contributed by atoms with van der Waals surface area (Å²) >= 11 is 1.19. The molecule has 0 aliphatic heterocycles. The molecule has 0 spiro atoms. The molecule has 11 heavy (non-hydrogen) atoms. The van der Waals surface area contributed by atoms with Crippen molar-refractivity contribution in [1.29, 1.82) is 0 Å². The van der Waals surface area contributed by atoms with E-state index in [9.17, 15) is 8.42 Å². The van der Waals surface area contributed by atoms with Crippen molar-refractivity contribution in [1.82, 2.24) is 14.9 Å². The van der Waals surface area contributed by atoms with Crippen molar-refractivity contribution in [3.05, 3.63) is 10.5 Å². The summed E-state index contributed by atoms with van der Waals surface area (Å²) in [6, 6.07) is 0. The van der Waals surface area contributed by atoms with Gasteiger partial charge in [-0.1, -0.05) is 11.3 Å².